The Labute approximate surface area is 128 Å². The summed E-state index contributed by atoms with van der Waals surface area (Å²) in [6.45, 7) is 2.13. The molecule has 3 N–H and O–H groups in total. The maximum atomic E-state index is 10.3. The number of aromatic nitrogens is 2. The van der Waals surface area contributed by atoms with Crippen LogP contribution < -0.4 is 10.6 Å². The molecule has 5 nitrogen and oxygen atoms in total. The van der Waals surface area contributed by atoms with E-state index < -0.39 is 0 Å². The van der Waals surface area contributed by atoms with Gasteiger partial charge in [0, 0.05) is 11.9 Å². The highest BCUT2D eigenvalue weighted by Gasteiger charge is 2.28. The van der Waals surface area contributed by atoms with Crippen LogP contribution in [-0.2, 0) is 6.42 Å². The molecule has 2 unspecified atom stereocenters. The van der Waals surface area contributed by atoms with Crippen LogP contribution in [0.3, 0.4) is 0 Å². The first-order valence-electron chi connectivity index (χ1n) is 7.57. The van der Waals surface area contributed by atoms with E-state index in [2.05, 4.69) is 27.9 Å². The standard InChI is InChI=1S/C15H22N4OS/c1-3-9-8-10-13(17-15(16)18-14(10)21-9)19(2)11-6-4-5-7-12(11)20/h8,11-12,20H,3-7H2,1-2H3,(H2,16,17,18). The number of likely N-dealkylation sites (N-methyl/N-ethyl adjacent to an activating group) is 1. The van der Waals surface area contributed by atoms with E-state index >= 15 is 0 Å². The fourth-order valence-corrected chi connectivity index (χ4v) is 4.08. The number of aliphatic hydroxyl groups is 1. The first kappa shape index (κ1) is 14.5. The summed E-state index contributed by atoms with van der Waals surface area (Å²) in [4.78, 5) is 13.1. The molecule has 0 amide bonds. The van der Waals surface area contributed by atoms with Gasteiger partial charge in [-0.1, -0.05) is 19.8 Å². The monoisotopic (exact) mass is 306 g/mol. The zero-order valence-corrected chi connectivity index (χ0v) is 13.4. The minimum atomic E-state index is -0.292. The lowest BCUT2D eigenvalue weighted by Crippen LogP contribution is -2.44. The Morgan fingerprint density at radius 2 is 2.14 bits per heavy atom. The molecule has 0 bridgehead atoms. The van der Waals surface area contributed by atoms with Crippen molar-refractivity contribution in [2.45, 2.75) is 51.2 Å². The van der Waals surface area contributed by atoms with E-state index in [1.54, 1.807) is 11.3 Å². The molecule has 2 aromatic rings. The molecule has 1 fully saturated rings. The van der Waals surface area contributed by atoms with Crippen LogP contribution in [0.2, 0.25) is 0 Å². The second-order valence-electron chi connectivity index (χ2n) is 5.72. The van der Waals surface area contributed by atoms with Crippen molar-refractivity contribution in [3.8, 4) is 0 Å². The van der Waals surface area contributed by atoms with Crippen molar-refractivity contribution in [1.29, 1.82) is 0 Å². The van der Waals surface area contributed by atoms with Crippen molar-refractivity contribution in [1.82, 2.24) is 9.97 Å². The number of thiophene rings is 1. The minimum Gasteiger partial charge on any atom is -0.391 e. The maximum Gasteiger partial charge on any atom is 0.223 e. The molecule has 0 spiro atoms. The van der Waals surface area contributed by atoms with Crippen LogP contribution in [0, 0.1) is 0 Å². The van der Waals surface area contributed by atoms with Gasteiger partial charge < -0.3 is 15.7 Å². The fraction of sp³-hybridized carbons (Fsp3) is 0.600. The van der Waals surface area contributed by atoms with Gasteiger partial charge in [0.1, 0.15) is 10.6 Å². The third kappa shape index (κ3) is 2.70. The molecule has 6 heteroatoms. The van der Waals surface area contributed by atoms with Gasteiger partial charge in [0.05, 0.1) is 17.5 Å². The molecule has 2 aromatic heterocycles. The predicted molar refractivity (Wildman–Crippen MR) is 87.9 cm³/mol. The van der Waals surface area contributed by atoms with Gasteiger partial charge in [-0.2, -0.15) is 4.98 Å². The summed E-state index contributed by atoms with van der Waals surface area (Å²) < 4.78 is 0. The van der Waals surface area contributed by atoms with Gasteiger partial charge in [0.2, 0.25) is 5.95 Å². The number of nitrogen functional groups attached to an aromatic ring is 1. The molecule has 3 rings (SSSR count). The fourth-order valence-electron chi connectivity index (χ4n) is 3.12. The number of aliphatic hydroxyl groups excluding tert-OH is 1. The lowest BCUT2D eigenvalue weighted by Gasteiger charge is -2.36. The molecule has 1 aliphatic rings. The number of aryl methyl sites for hydroxylation is 1. The summed E-state index contributed by atoms with van der Waals surface area (Å²) >= 11 is 1.67. The van der Waals surface area contributed by atoms with E-state index in [0.717, 1.165) is 48.1 Å². The molecule has 0 saturated heterocycles. The van der Waals surface area contributed by atoms with Crippen molar-refractivity contribution in [2.75, 3.05) is 17.7 Å². The number of anilines is 2. The van der Waals surface area contributed by atoms with Crippen LogP contribution in [0.15, 0.2) is 6.07 Å². The summed E-state index contributed by atoms with van der Waals surface area (Å²) in [5, 5.41) is 11.3. The maximum absolute atomic E-state index is 10.3. The largest absolute Gasteiger partial charge is 0.391 e. The third-order valence-electron chi connectivity index (χ3n) is 4.31. The van der Waals surface area contributed by atoms with Crippen molar-refractivity contribution in [3.63, 3.8) is 0 Å². The van der Waals surface area contributed by atoms with E-state index in [9.17, 15) is 5.11 Å². The van der Waals surface area contributed by atoms with Crippen molar-refractivity contribution < 1.29 is 5.11 Å². The predicted octanol–water partition coefficient (Wildman–Crippen LogP) is 2.58. The SMILES string of the molecule is CCc1cc2c(N(C)C3CCCCC3O)nc(N)nc2s1. The highest BCUT2D eigenvalue weighted by atomic mass is 32.1. The molecule has 1 saturated carbocycles. The number of nitrogens with two attached hydrogens (primary N) is 1. The second-order valence-corrected chi connectivity index (χ2v) is 6.84. The van der Waals surface area contributed by atoms with Crippen molar-refractivity contribution in [2.24, 2.45) is 0 Å². The number of fused-ring (bicyclic) bond motifs is 1. The van der Waals surface area contributed by atoms with Crippen LogP contribution in [0.5, 0.6) is 0 Å². The Bertz CT molecular complexity index is 642. The lowest BCUT2D eigenvalue weighted by atomic mass is 9.91. The summed E-state index contributed by atoms with van der Waals surface area (Å²) in [5.41, 5.74) is 5.87. The summed E-state index contributed by atoms with van der Waals surface area (Å²) in [5.74, 6) is 1.15. The summed E-state index contributed by atoms with van der Waals surface area (Å²) in [6, 6.07) is 2.27. The highest BCUT2D eigenvalue weighted by Crippen LogP contribution is 2.34. The van der Waals surface area contributed by atoms with Crippen LogP contribution in [0.4, 0.5) is 11.8 Å². The highest BCUT2D eigenvalue weighted by molar-refractivity contribution is 7.18. The average Bonchev–Trinajstić information content (AvgIpc) is 2.89. The van der Waals surface area contributed by atoms with Crippen LogP contribution in [0.1, 0.15) is 37.5 Å². The molecular weight excluding hydrogens is 284 g/mol. The third-order valence-corrected chi connectivity index (χ3v) is 5.49. The minimum absolute atomic E-state index is 0.112. The number of hydrogen-bond acceptors (Lipinski definition) is 6. The summed E-state index contributed by atoms with van der Waals surface area (Å²) in [6.07, 6.45) is 4.80. The smallest absolute Gasteiger partial charge is 0.223 e. The van der Waals surface area contributed by atoms with Crippen molar-refractivity contribution >= 4 is 33.3 Å². The van der Waals surface area contributed by atoms with E-state index in [1.807, 2.05) is 7.05 Å². The van der Waals surface area contributed by atoms with Gasteiger partial charge in [-0.3, -0.25) is 0 Å². The molecule has 1 aliphatic carbocycles. The van der Waals surface area contributed by atoms with E-state index in [1.165, 1.54) is 4.88 Å². The quantitative estimate of drug-likeness (QED) is 0.911. The first-order valence-corrected chi connectivity index (χ1v) is 8.38. The van der Waals surface area contributed by atoms with Gasteiger partial charge in [-0.15, -0.1) is 11.3 Å². The molecular formula is C15H22N4OS. The number of hydrogen-bond donors (Lipinski definition) is 2. The molecule has 2 atom stereocenters. The Morgan fingerprint density at radius 1 is 1.38 bits per heavy atom. The average molecular weight is 306 g/mol. The van der Waals surface area contributed by atoms with Crippen LogP contribution in [-0.4, -0.2) is 34.3 Å². The van der Waals surface area contributed by atoms with E-state index in [-0.39, 0.29) is 12.1 Å². The zero-order valence-electron chi connectivity index (χ0n) is 12.5. The Kier molecular flexibility index (Phi) is 3.99. The molecule has 0 aliphatic heterocycles. The normalized spacial score (nSPS) is 22.6. The number of rotatable bonds is 3. The number of nitrogens with zero attached hydrogens (tertiary/aromatic N) is 3. The van der Waals surface area contributed by atoms with Crippen molar-refractivity contribution in [3.05, 3.63) is 10.9 Å². The topological polar surface area (TPSA) is 75.3 Å². The van der Waals surface area contributed by atoms with Crippen LogP contribution >= 0.6 is 11.3 Å². The summed E-state index contributed by atoms with van der Waals surface area (Å²) in [7, 11) is 2.00. The molecule has 21 heavy (non-hydrogen) atoms. The first-order chi connectivity index (χ1) is 10.1. The van der Waals surface area contributed by atoms with Gasteiger partial charge in [0.25, 0.3) is 0 Å². The zero-order chi connectivity index (χ0) is 15.0. The van der Waals surface area contributed by atoms with Crippen LogP contribution in [0.25, 0.3) is 10.2 Å². The Balaban J connectivity index is 2.03. The van der Waals surface area contributed by atoms with Gasteiger partial charge in [-0.05, 0) is 25.3 Å². The van der Waals surface area contributed by atoms with E-state index in [0.29, 0.717) is 5.95 Å². The van der Waals surface area contributed by atoms with Gasteiger partial charge >= 0.3 is 0 Å². The Hall–Kier alpha value is -1.40. The van der Waals surface area contributed by atoms with Gasteiger partial charge in [0.15, 0.2) is 0 Å². The molecule has 2 heterocycles. The lowest BCUT2D eigenvalue weighted by molar-refractivity contribution is 0.106. The van der Waals surface area contributed by atoms with Gasteiger partial charge in [-0.25, -0.2) is 4.98 Å². The second kappa shape index (κ2) is 5.77. The molecule has 114 valence electrons. The molecule has 0 aromatic carbocycles. The van der Waals surface area contributed by atoms with E-state index in [4.69, 9.17) is 5.73 Å². The molecule has 0 radical (unpaired) electrons. The Morgan fingerprint density at radius 3 is 2.86 bits per heavy atom.